The highest BCUT2D eigenvalue weighted by Crippen LogP contribution is 2.29. The fourth-order valence-corrected chi connectivity index (χ4v) is 2.74. The normalized spacial score (nSPS) is 13.5. The molecule has 1 aromatic heterocycles. The summed E-state index contributed by atoms with van der Waals surface area (Å²) < 4.78 is 5.03. The van der Waals surface area contributed by atoms with Crippen LogP contribution in [-0.2, 0) is 11.3 Å². The van der Waals surface area contributed by atoms with Crippen LogP contribution in [0.5, 0.6) is 0 Å². The molecule has 1 heterocycles. The number of nitrogens with zero attached hydrogens (tertiary/aromatic N) is 1. The van der Waals surface area contributed by atoms with Gasteiger partial charge in [-0.25, -0.2) is 0 Å². The van der Waals surface area contributed by atoms with E-state index in [-0.39, 0.29) is 17.6 Å². The summed E-state index contributed by atoms with van der Waals surface area (Å²) >= 11 is 0. The van der Waals surface area contributed by atoms with Crippen LogP contribution >= 0.6 is 0 Å². The summed E-state index contributed by atoms with van der Waals surface area (Å²) in [6.45, 7) is 3.00. The highest BCUT2D eigenvalue weighted by atomic mass is 16.3. The van der Waals surface area contributed by atoms with E-state index in [1.54, 1.807) is 12.1 Å². The molecule has 1 aliphatic rings. The Kier molecular flexibility index (Phi) is 4.99. The van der Waals surface area contributed by atoms with Gasteiger partial charge in [0.25, 0.3) is 5.91 Å². The number of carbonyl (C=O) groups is 2. The molecule has 2 aromatic rings. The van der Waals surface area contributed by atoms with Gasteiger partial charge in [-0.1, -0.05) is 29.8 Å². The second-order valence-electron chi connectivity index (χ2n) is 6.23. The molecule has 2 amide bonds. The predicted octanol–water partition coefficient (Wildman–Crippen LogP) is 2.90. The number of nitrogens with one attached hydrogen (secondary N) is 1. The van der Waals surface area contributed by atoms with Crippen molar-refractivity contribution in [3.8, 4) is 0 Å². The van der Waals surface area contributed by atoms with Crippen molar-refractivity contribution in [3.05, 3.63) is 59.5 Å². The molecule has 1 N–H and O–H groups in total. The van der Waals surface area contributed by atoms with Crippen LogP contribution in [-0.4, -0.2) is 29.3 Å². The Hall–Kier alpha value is -2.56. The van der Waals surface area contributed by atoms with Crippen molar-refractivity contribution >= 4 is 11.8 Å². The molecule has 5 heteroatoms. The van der Waals surface area contributed by atoms with Gasteiger partial charge >= 0.3 is 0 Å². The Labute approximate surface area is 141 Å². The van der Waals surface area contributed by atoms with Crippen molar-refractivity contribution in [2.75, 3.05) is 6.54 Å². The third kappa shape index (κ3) is 4.25. The van der Waals surface area contributed by atoms with E-state index in [0.717, 1.165) is 18.4 Å². The number of benzene rings is 1. The van der Waals surface area contributed by atoms with Crippen molar-refractivity contribution < 1.29 is 14.0 Å². The third-order valence-corrected chi connectivity index (χ3v) is 4.11. The molecule has 1 saturated carbocycles. The first-order valence-corrected chi connectivity index (χ1v) is 8.30. The number of hydrogen-bond acceptors (Lipinski definition) is 3. The lowest BCUT2D eigenvalue weighted by Gasteiger charge is -2.23. The van der Waals surface area contributed by atoms with Crippen LogP contribution in [0.3, 0.4) is 0 Å². The van der Waals surface area contributed by atoms with Gasteiger partial charge in [0.15, 0.2) is 5.76 Å². The van der Waals surface area contributed by atoms with E-state index >= 15 is 0 Å². The zero-order valence-corrected chi connectivity index (χ0v) is 13.8. The Morgan fingerprint density at radius 2 is 2.08 bits per heavy atom. The maximum absolute atomic E-state index is 12.5. The minimum Gasteiger partial charge on any atom is -0.459 e. The minimum absolute atomic E-state index is 0.0822. The van der Waals surface area contributed by atoms with Crippen LogP contribution in [0.25, 0.3) is 0 Å². The standard InChI is InChI=1S/C19H22N2O3/c1-14-4-2-5-15(12-14)13-21(16-7-8-16)18(22)9-10-20-19(23)17-6-3-11-24-17/h2-6,11-12,16H,7-10,13H2,1H3,(H,20,23). The van der Waals surface area contributed by atoms with E-state index in [1.807, 2.05) is 17.0 Å². The van der Waals surface area contributed by atoms with Gasteiger partial charge in [-0.05, 0) is 37.5 Å². The fraction of sp³-hybridized carbons (Fsp3) is 0.368. The molecule has 0 unspecified atom stereocenters. The molecular formula is C19H22N2O3. The van der Waals surface area contributed by atoms with Crippen LogP contribution in [0.15, 0.2) is 47.1 Å². The number of carbonyl (C=O) groups excluding carboxylic acids is 2. The highest BCUT2D eigenvalue weighted by Gasteiger charge is 2.32. The molecule has 1 aromatic carbocycles. The van der Waals surface area contributed by atoms with Gasteiger partial charge in [0, 0.05) is 25.6 Å². The average Bonchev–Trinajstić information content (AvgIpc) is 3.25. The SMILES string of the molecule is Cc1cccc(CN(C(=O)CCNC(=O)c2ccco2)C2CC2)c1. The van der Waals surface area contributed by atoms with E-state index in [2.05, 4.69) is 24.4 Å². The molecular weight excluding hydrogens is 304 g/mol. The summed E-state index contributed by atoms with van der Waals surface area (Å²) in [4.78, 5) is 26.3. The highest BCUT2D eigenvalue weighted by molar-refractivity contribution is 5.91. The van der Waals surface area contributed by atoms with Gasteiger partial charge in [-0.2, -0.15) is 0 Å². The Bertz CT molecular complexity index is 705. The lowest BCUT2D eigenvalue weighted by atomic mass is 10.1. The molecule has 1 aliphatic carbocycles. The molecule has 5 nitrogen and oxygen atoms in total. The molecule has 0 spiro atoms. The molecule has 0 bridgehead atoms. The van der Waals surface area contributed by atoms with Crippen molar-refractivity contribution in [1.82, 2.24) is 10.2 Å². The molecule has 126 valence electrons. The predicted molar refractivity (Wildman–Crippen MR) is 90.4 cm³/mol. The lowest BCUT2D eigenvalue weighted by molar-refractivity contribution is -0.132. The van der Waals surface area contributed by atoms with Crippen molar-refractivity contribution in [2.45, 2.75) is 38.8 Å². The lowest BCUT2D eigenvalue weighted by Crippen LogP contribution is -2.35. The number of aryl methyl sites for hydroxylation is 1. The van der Waals surface area contributed by atoms with Crippen LogP contribution in [0.1, 0.15) is 40.9 Å². The van der Waals surface area contributed by atoms with Gasteiger partial charge in [0.2, 0.25) is 5.91 Å². The number of furan rings is 1. The zero-order chi connectivity index (χ0) is 16.9. The van der Waals surface area contributed by atoms with E-state index in [1.165, 1.54) is 11.8 Å². The Morgan fingerprint density at radius 3 is 2.75 bits per heavy atom. The molecule has 24 heavy (non-hydrogen) atoms. The summed E-state index contributed by atoms with van der Waals surface area (Å²) in [7, 11) is 0. The average molecular weight is 326 g/mol. The van der Waals surface area contributed by atoms with Gasteiger partial charge in [-0.15, -0.1) is 0 Å². The smallest absolute Gasteiger partial charge is 0.286 e. The number of rotatable bonds is 7. The van der Waals surface area contributed by atoms with Crippen molar-refractivity contribution in [2.24, 2.45) is 0 Å². The van der Waals surface area contributed by atoms with Gasteiger partial charge in [0.1, 0.15) is 0 Å². The Morgan fingerprint density at radius 1 is 1.25 bits per heavy atom. The summed E-state index contributed by atoms with van der Waals surface area (Å²) in [5.74, 6) is 0.0597. The molecule has 0 saturated heterocycles. The minimum atomic E-state index is -0.288. The van der Waals surface area contributed by atoms with Gasteiger partial charge in [-0.3, -0.25) is 9.59 Å². The first-order valence-electron chi connectivity index (χ1n) is 8.30. The van der Waals surface area contributed by atoms with E-state index < -0.39 is 0 Å². The van der Waals surface area contributed by atoms with E-state index in [9.17, 15) is 9.59 Å². The molecule has 0 radical (unpaired) electrons. The first kappa shape index (κ1) is 16.3. The summed E-state index contributed by atoms with van der Waals surface area (Å²) in [6, 6.07) is 11.8. The zero-order valence-electron chi connectivity index (χ0n) is 13.8. The van der Waals surface area contributed by atoms with Crippen LogP contribution < -0.4 is 5.32 Å². The molecule has 0 aliphatic heterocycles. The van der Waals surface area contributed by atoms with Crippen LogP contribution in [0, 0.1) is 6.92 Å². The Balaban J connectivity index is 1.52. The van der Waals surface area contributed by atoms with Crippen molar-refractivity contribution in [1.29, 1.82) is 0 Å². The largest absolute Gasteiger partial charge is 0.459 e. The van der Waals surface area contributed by atoms with Crippen LogP contribution in [0.2, 0.25) is 0 Å². The maximum Gasteiger partial charge on any atom is 0.286 e. The molecule has 1 fully saturated rings. The first-order chi connectivity index (χ1) is 11.6. The third-order valence-electron chi connectivity index (χ3n) is 4.11. The number of amides is 2. The summed E-state index contributed by atoms with van der Waals surface area (Å²) in [5.41, 5.74) is 2.34. The summed E-state index contributed by atoms with van der Waals surface area (Å²) in [5, 5.41) is 2.72. The van der Waals surface area contributed by atoms with Crippen molar-refractivity contribution in [3.63, 3.8) is 0 Å². The second-order valence-corrected chi connectivity index (χ2v) is 6.23. The summed E-state index contributed by atoms with van der Waals surface area (Å²) in [6.07, 6.45) is 3.89. The van der Waals surface area contributed by atoms with Crippen LogP contribution in [0.4, 0.5) is 0 Å². The monoisotopic (exact) mass is 326 g/mol. The molecule has 3 rings (SSSR count). The second kappa shape index (κ2) is 7.34. The van der Waals surface area contributed by atoms with E-state index in [4.69, 9.17) is 4.42 Å². The van der Waals surface area contributed by atoms with Gasteiger partial charge < -0.3 is 14.6 Å². The van der Waals surface area contributed by atoms with E-state index in [0.29, 0.717) is 25.6 Å². The maximum atomic E-state index is 12.5. The topological polar surface area (TPSA) is 62.6 Å². The fourth-order valence-electron chi connectivity index (χ4n) is 2.74. The van der Waals surface area contributed by atoms with Gasteiger partial charge in [0.05, 0.1) is 6.26 Å². The quantitative estimate of drug-likeness (QED) is 0.851. The molecule has 0 atom stereocenters. The number of hydrogen-bond donors (Lipinski definition) is 1.